The van der Waals surface area contributed by atoms with Crippen LogP contribution in [0.2, 0.25) is 0 Å². The predicted octanol–water partition coefficient (Wildman–Crippen LogP) is 5.52. The summed E-state index contributed by atoms with van der Waals surface area (Å²) in [6.07, 6.45) is 7.18. The highest BCUT2D eigenvalue weighted by atomic mass is 16.4. The Bertz CT molecular complexity index is 951. The number of Topliss-reactive ketones (excluding diaryl/α,β-unsaturated/α-hetero) is 1. The highest BCUT2D eigenvalue weighted by molar-refractivity contribution is 5.87. The van der Waals surface area contributed by atoms with Crippen LogP contribution in [0, 0.1) is 17.3 Å². The van der Waals surface area contributed by atoms with Crippen molar-refractivity contribution in [3.63, 3.8) is 0 Å². The molecule has 5 rings (SSSR count). The fourth-order valence-corrected chi connectivity index (χ4v) is 6.24. The molecule has 3 aliphatic rings. The van der Waals surface area contributed by atoms with Crippen LogP contribution >= 0.6 is 0 Å². The number of carboxylic acid groups (broad SMARTS) is 1. The largest absolute Gasteiger partial charge is 0.508 e. The van der Waals surface area contributed by atoms with Crippen LogP contribution < -0.4 is 0 Å². The topological polar surface area (TPSA) is 74.6 Å². The molecule has 2 N–H and O–H groups in total. The molecule has 3 aliphatic carbocycles. The van der Waals surface area contributed by atoms with E-state index in [1.807, 2.05) is 42.5 Å². The molecule has 2 fully saturated rings. The van der Waals surface area contributed by atoms with Crippen molar-refractivity contribution in [3.05, 3.63) is 65.2 Å². The summed E-state index contributed by atoms with van der Waals surface area (Å²) in [5.74, 6) is 2.04. The summed E-state index contributed by atoms with van der Waals surface area (Å²) >= 11 is 0. The van der Waals surface area contributed by atoms with Crippen molar-refractivity contribution >= 4 is 11.8 Å². The van der Waals surface area contributed by atoms with Crippen molar-refractivity contribution in [1.82, 2.24) is 0 Å². The maximum Gasteiger partial charge on any atom is 0.303 e. The SMILES string of the molecule is C[C@]12CC[C@@H]3c4ccc(O)cc4CC[C@H]3[C@@H]1CCC2=O.O=C(O)CCc1ccccc1. The van der Waals surface area contributed by atoms with Crippen LogP contribution in [0.25, 0.3) is 0 Å². The van der Waals surface area contributed by atoms with Crippen molar-refractivity contribution in [2.45, 2.75) is 64.2 Å². The second kappa shape index (κ2) is 8.86. The fourth-order valence-electron chi connectivity index (χ4n) is 6.24. The average molecular weight is 421 g/mol. The molecule has 4 nitrogen and oxygen atoms in total. The number of hydrogen-bond acceptors (Lipinski definition) is 3. The Labute approximate surface area is 184 Å². The Balaban J connectivity index is 0.000000180. The van der Waals surface area contributed by atoms with Gasteiger partial charge in [0.15, 0.2) is 0 Å². The van der Waals surface area contributed by atoms with Gasteiger partial charge in [-0.3, -0.25) is 9.59 Å². The maximum absolute atomic E-state index is 12.3. The van der Waals surface area contributed by atoms with E-state index < -0.39 is 5.97 Å². The number of rotatable bonds is 3. The second-order valence-corrected chi connectivity index (χ2v) is 9.60. The number of carbonyl (C=O) groups is 2. The quantitative estimate of drug-likeness (QED) is 0.685. The van der Waals surface area contributed by atoms with Crippen molar-refractivity contribution in [1.29, 1.82) is 0 Å². The van der Waals surface area contributed by atoms with Crippen LogP contribution in [0.4, 0.5) is 0 Å². The van der Waals surface area contributed by atoms with Crippen LogP contribution in [-0.4, -0.2) is 22.0 Å². The molecule has 164 valence electrons. The first-order chi connectivity index (χ1) is 14.9. The van der Waals surface area contributed by atoms with E-state index in [9.17, 15) is 14.7 Å². The number of benzene rings is 2. The summed E-state index contributed by atoms with van der Waals surface area (Å²) in [5.41, 5.74) is 3.82. The number of aliphatic carboxylic acids is 1. The summed E-state index contributed by atoms with van der Waals surface area (Å²) in [6.45, 7) is 2.22. The molecule has 0 saturated heterocycles. The number of phenolic OH excluding ortho intramolecular Hbond substituents is 1. The predicted molar refractivity (Wildman–Crippen MR) is 120 cm³/mol. The highest BCUT2D eigenvalue weighted by Gasteiger charge is 2.54. The van der Waals surface area contributed by atoms with E-state index in [-0.39, 0.29) is 11.8 Å². The molecule has 4 atom stereocenters. The molecule has 2 aromatic carbocycles. The van der Waals surface area contributed by atoms with Crippen molar-refractivity contribution in [2.75, 3.05) is 0 Å². The average Bonchev–Trinajstić information content (AvgIpc) is 3.08. The van der Waals surface area contributed by atoms with Gasteiger partial charge < -0.3 is 10.2 Å². The van der Waals surface area contributed by atoms with E-state index in [0.29, 0.717) is 35.7 Å². The van der Waals surface area contributed by atoms with E-state index in [1.165, 1.54) is 17.5 Å². The van der Waals surface area contributed by atoms with Crippen LogP contribution in [0.3, 0.4) is 0 Å². The van der Waals surface area contributed by atoms with Gasteiger partial charge in [-0.2, -0.15) is 0 Å². The summed E-state index contributed by atoms with van der Waals surface area (Å²) in [4.78, 5) is 22.4. The van der Waals surface area contributed by atoms with E-state index in [0.717, 1.165) is 37.7 Å². The number of carbonyl (C=O) groups excluding carboxylic acids is 1. The zero-order valence-corrected chi connectivity index (χ0v) is 18.2. The normalized spacial score (nSPS) is 28.5. The molecule has 0 bridgehead atoms. The Morgan fingerprint density at radius 3 is 2.58 bits per heavy atom. The zero-order chi connectivity index (χ0) is 22.0. The number of carboxylic acids is 1. The summed E-state index contributed by atoms with van der Waals surface area (Å²) in [6, 6.07) is 15.5. The minimum absolute atomic E-state index is 0.0322. The van der Waals surface area contributed by atoms with Gasteiger partial charge in [-0.25, -0.2) is 0 Å². The zero-order valence-electron chi connectivity index (χ0n) is 18.2. The van der Waals surface area contributed by atoms with E-state index in [4.69, 9.17) is 5.11 Å². The number of phenols is 1. The Morgan fingerprint density at radius 1 is 1.06 bits per heavy atom. The molecule has 2 saturated carbocycles. The smallest absolute Gasteiger partial charge is 0.303 e. The third-order valence-corrected chi connectivity index (χ3v) is 7.89. The van der Waals surface area contributed by atoms with Crippen LogP contribution in [0.1, 0.15) is 68.1 Å². The Kier molecular flexibility index (Phi) is 6.17. The van der Waals surface area contributed by atoms with Gasteiger partial charge in [-0.15, -0.1) is 0 Å². The lowest BCUT2D eigenvalue weighted by atomic mass is 9.55. The van der Waals surface area contributed by atoms with Crippen LogP contribution in [-0.2, 0) is 22.4 Å². The van der Waals surface area contributed by atoms with E-state index in [2.05, 4.69) is 13.0 Å². The molecule has 0 heterocycles. The lowest BCUT2D eigenvalue weighted by Gasteiger charge is -2.48. The first-order valence-corrected chi connectivity index (χ1v) is 11.5. The van der Waals surface area contributed by atoms with Gasteiger partial charge in [0, 0.05) is 18.3 Å². The first kappa shape index (κ1) is 21.6. The van der Waals surface area contributed by atoms with Gasteiger partial charge in [-0.05, 0) is 85.1 Å². The van der Waals surface area contributed by atoms with Gasteiger partial charge in [0.05, 0.1) is 0 Å². The molecule has 0 amide bonds. The van der Waals surface area contributed by atoms with Crippen molar-refractivity contribution in [3.8, 4) is 5.75 Å². The molecule has 31 heavy (non-hydrogen) atoms. The number of fused-ring (bicyclic) bond motifs is 5. The number of ketones is 1. The van der Waals surface area contributed by atoms with Gasteiger partial charge in [0.1, 0.15) is 11.5 Å². The third kappa shape index (κ3) is 4.39. The summed E-state index contributed by atoms with van der Waals surface area (Å²) < 4.78 is 0. The summed E-state index contributed by atoms with van der Waals surface area (Å²) in [5, 5.41) is 18.0. The minimum atomic E-state index is -0.742. The molecule has 2 aromatic rings. The lowest BCUT2D eigenvalue weighted by molar-refractivity contribution is -0.137. The molecule has 0 spiro atoms. The molecule has 0 unspecified atom stereocenters. The highest BCUT2D eigenvalue weighted by Crippen LogP contribution is 2.59. The third-order valence-electron chi connectivity index (χ3n) is 7.89. The Morgan fingerprint density at radius 2 is 1.84 bits per heavy atom. The van der Waals surface area contributed by atoms with Gasteiger partial charge in [-0.1, -0.05) is 43.3 Å². The van der Waals surface area contributed by atoms with E-state index in [1.54, 1.807) is 0 Å². The van der Waals surface area contributed by atoms with Crippen molar-refractivity contribution < 1.29 is 19.8 Å². The lowest BCUT2D eigenvalue weighted by Crippen LogP contribution is -2.42. The van der Waals surface area contributed by atoms with Gasteiger partial charge >= 0.3 is 5.97 Å². The second-order valence-electron chi connectivity index (χ2n) is 9.60. The monoisotopic (exact) mass is 420 g/mol. The van der Waals surface area contributed by atoms with Gasteiger partial charge in [0.25, 0.3) is 0 Å². The van der Waals surface area contributed by atoms with E-state index >= 15 is 0 Å². The molecular formula is C27H32O4. The minimum Gasteiger partial charge on any atom is -0.508 e. The molecular weight excluding hydrogens is 388 g/mol. The molecule has 4 heteroatoms. The Hall–Kier alpha value is -2.62. The molecule has 0 radical (unpaired) electrons. The number of aromatic hydroxyl groups is 1. The fraction of sp³-hybridized carbons (Fsp3) is 0.481. The molecule has 0 aliphatic heterocycles. The first-order valence-electron chi connectivity index (χ1n) is 11.5. The maximum atomic E-state index is 12.3. The van der Waals surface area contributed by atoms with Gasteiger partial charge in [0.2, 0.25) is 0 Å². The standard InChI is InChI=1S/C18H22O2.C9H10O2/c1-18-9-8-14-13-5-3-12(19)10-11(13)2-4-15(14)16(18)6-7-17(18)20;10-9(11)7-6-8-4-2-1-3-5-8/h3,5,10,14-16,19H,2,4,6-9H2,1H3;1-5H,6-7H2,(H,10,11)/t14-,15-,16+,18+;/m1./s1. The number of aryl methyl sites for hydroxylation is 2. The van der Waals surface area contributed by atoms with Crippen LogP contribution in [0.15, 0.2) is 48.5 Å². The number of hydrogen-bond donors (Lipinski definition) is 2. The van der Waals surface area contributed by atoms with Crippen LogP contribution in [0.5, 0.6) is 5.75 Å². The molecule has 0 aromatic heterocycles. The summed E-state index contributed by atoms with van der Waals surface area (Å²) in [7, 11) is 0. The van der Waals surface area contributed by atoms with Crippen molar-refractivity contribution in [2.24, 2.45) is 17.3 Å².